The molecule has 3 heterocycles. The molecule has 1 aliphatic heterocycles. The Balaban J connectivity index is 1.48. The number of aryl methyl sites for hydroxylation is 1. The van der Waals surface area contributed by atoms with Crippen LogP contribution < -0.4 is 10.6 Å². The van der Waals surface area contributed by atoms with Crippen molar-refractivity contribution in [2.24, 2.45) is 0 Å². The summed E-state index contributed by atoms with van der Waals surface area (Å²) in [5.74, 6) is -1.92. The zero-order chi connectivity index (χ0) is 24.1. The summed E-state index contributed by atoms with van der Waals surface area (Å²) >= 11 is 0. The van der Waals surface area contributed by atoms with Crippen molar-refractivity contribution in [3.05, 3.63) is 41.2 Å². The standard InChI is InChI=1S/C23H22F3N5O3/c1-12-19(31-22(7-3-8-22)11-34-21(33)23(24,25)26)30-18-13(4-2-5-16(18)28-12)17-10-14-15(29-17)6-9-27-20(14)32/h2,4-5,10,29H,3,6-9,11H2,1H3,(H,27,32)(H,30,31). The number of halogens is 3. The SMILES string of the molecule is Cc1nc2cccc(-c3cc4c([nH]3)CCNC4=O)c2nc1NC1(COC(=O)C(F)(F)F)CCC1. The molecule has 0 unspecified atom stereocenters. The van der Waals surface area contributed by atoms with Crippen molar-refractivity contribution in [2.75, 3.05) is 18.5 Å². The van der Waals surface area contributed by atoms with Crippen LogP contribution in [0.25, 0.3) is 22.3 Å². The number of nitrogens with one attached hydrogen (secondary N) is 3. The number of carbonyl (C=O) groups excluding carboxylic acids is 2. The van der Waals surface area contributed by atoms with Gasteiger partial charge in [-0.05, 0) is 38.3 Å². The maximum Gasteiger partial charge on any atom is 0.490 e. The molecule has 8 nitrogen and oxygen atoms in total. The van der Waals surface area contributed by atoms with E-state index in [4.69, 9.17) is 4.98 Å². The predicted molar refractivity (Wildman–Crippen MR) is 117 cm³/mol. The Hall–Kier alpha value is -3.63. The number of nitrogens with zero attached hydrogens (tertiary/aromatic N) is 2. The maximum absolute atomic E-state index is 12.6. The molecule has 1 fully saturated rings. The molecular weight excluding hydrogens is 451 g/mol. The molecule has 178 valence electrons. The number of alkyl halides is 3. The van der Waals surface area contributed by atoms with E-state index in [0.717, 1.165) is 23.4 Å². The number of rotatable bonds is 5. The molecule has 1 aliphatic carbocycles. The highest BCUT2D eigenvalue weighted by atomic mass is 19.4. The lowest BCUT2D eigenvalue weighted by molar-refractivity contribution is -0.201. The summed E-state index contributed by atoms with van der Waals surface area (Å²) in [5.41, 5.74) is 3.90. The highest BCUT2D eigenvalue weighted by molar-refractivity contribution is 5.99. The Morgan fingerprint density at radius 1 is 1.24 bits per heavy atom. The summed E-state index contributed by atoms with van der Waals surface area (Å²) in [5, 5.41) is 6.02. The molecule has 3 N–H and O–H groups in total. The van der Waals surface area contributed by atoms with Gasteiger partial charge in [-0.1, -0.05) is 12.1 Å². The number of ether oxygens (including phenoxy) is 1. The average molecular weight is 473 g/mol. The van der Waals surface area contributed by atoms with Crippen LogP contribution >= 0.6 is 0 Å². The molecule has 3 aromatic rings. The Morgan fingerprint density at radius 3 is 2.71 bits per heavy atom. The first kappa shape index (κ1) is 22.2. The van der Waals surface area contributed by atoms with Crippen LogP contribution in [0.3, 0.4) is 0 Å². The number of anilines is 1. The van der Waals surface area contributed by atoms with E-state index < -0.39 is 24.3 Å². The third-order valence-corrected chi connectivity index (χ3v) is 6.37. The van der Waals surface area contributed by atoms with Gasteiger partial charge in [0.1, 0.15) is 17.9 Å². The number of hydrogen-bond acceptors (Lipinski definition) is 6. The number of aromatic amines is 1. The lowest BCUT2D eigenvalue weighted by Crippen LogP contribution is -2.50. The van der Waals surface area contributed by atoms with E-state index in [1.165, 1.54) is 0 Å². The van der Waals surface area contributed by atoms with E-state index in [1.807, 2.05) is 18.2 Å². The minimum Gasteiger partial charge on any atom is -0.457 e. The van der Waals surface area contributed by atoms with Crippen LogP contribution in [-0.4, -0.2) is 51.7 Å². The number of fused-ring (bicyclic) bond motifs is 2. The van der Waals surface area contributed by atoms with Gasteiger partial charge < -0.3 is 20.4 Å². The minimum atomic E-state index is -5.04. The topological polar surface area (TPSA) is 109 Å². The Bertz CT molecular complexity index is 1300. The van der Waals surface area contributed by atoms with Crippen molar-refractivity contribution < 1.29 is 27.5 Å². The second-order valence-corrected chi connectivity index (χ2v) is 8.74. The Morgan fingerprint density at radius 2 is 2.03 bits per heavy atom. The van der Waals surface area contributed by atoms with Gasteiger partial charge in [0, 0.05) is 29.9 Å². The molecule has 2 aliphatic rings. The fourth-order valence-corrected chi connectivity index (χ4v) is 4.39. The predicted octanol–water partition coefficient (Wildman–Crippen LogP) is 3.66. The number of para-hydroxylation sites is 1. The molecule has 0 radical (unpaired) electrons. The Labute approximate surface area is 192 Å². The van der Waals surface area contributed by atoms with Gasteiger partial charge in [0.25, 0.3) is 5.91 Å². The first-order valence-electron chi connectivity index (χ1n) is 11.0. The minimum absolute atomic E-state index is 0.131. The van der Waals surface area contributed by atoms with Gasteiger partial charge in [0.15, 0.2) is 0 Å². The molecule has 0 atom stereocenters. The van der Waals surface area contributed by atoms with Gasteiger partial charge in [0.2, 0.25) is 0 Å². The molecule has 2 aromatic heterocycles. The van der Waals surface area contributed by atoms with Crippen molar-refractivity contribution in [1.82, 2.24) is 20.3 Å². The molecule has 0 spiro atoms. The van der Waals surface area contributed by atoms with Crippen LogP contribution in [0.15, 0.2) is 24.3 Å². The van der Waals surface area contributed by atoms with E-state index in [0.29, 0.717) is 53.9 Å². The van der Waals surface area contributed by atoms with Crippen molar-refractivity contribution >= 4 is 28.7 Å². The van der Waals surface area contributed by atoms with E-state index in [1.54, 1.807) is 13.0 Å². The summed E-state index contributed by atoms with van der Waals surface area (Å²) in [7, 11) is 0. The zero-order valence-electron chi connectivity index (χ0n) is 18.3. The largest absolute Gasteiger partial charge is 0.490 e. The number of aromatic nitrogens is 3. The number of hydrogen-bond donors (Lipinski definition) is 3. The third kappa shape index (κ3) is 3.95. The average Bonchev–Trinajstić information content (AvgIpc) is 3.20. The summed E-state index contributed by atoms with van der Waals surface area (Å²) in [6, 6.07) is 7.33. The van der Waals surface area contributed by atoms with Crippen molar-refractivity contribution in [1.29, 1.82) is 0 Å². The Kier molecular flexibility index (Phi) is 5.22. The molecule has 11 heteroatoms. The molecule has 1 saturated carbocycles. The van der Waals surface area contributed by atoms with Gasteiger partial charge in [-0.2, -0.15) is 13.2 Å². The molecule has 34 heavy (non-hydrogen) atoms. The maximum atomic E-state index is 12.6. The summed E-state index contributed by atoms with van der Waals surface area (Å²) in [6.07, 6.45) is -2.47. The van der Waals surface area contributed by atoms with Gasteiger partial charge in [-0.25, -0.2) is 14.8 Å². The van der Waals surface area contributed by atoms with Crippen LogP contribution in [0.5, 0.6) is 0 Å². The van der Waals surface area contributed by atoms with E-state index >= 15 is 0 Å². The molecule has 5 rings (SSSR count). The second kappa shape index (κ2) is 8.00. The van der Waals surface area contributed by atoms with Crippen molar-refractivity contribution in [3.63, 3.8) is 0 Å². The molecule has 1 aromatic carbocycles. The monoisotopic (exact) mass is 473 g/mol. The smallest absolute Gasteiger partial charge is 0.457 e. The third-order valence-electron chi connectivity index (χ3n) is 6.37. The number of carbonyl (C=O) groups is 2. The fraction of sp³-hybridized carbons (Fsp3) is 0.391. The van der Waals surface area contributed by atoms with Gasteiger partial charge in [-0.15, -0.1) is 0 Å². The van der Waals surface area contributed by atoms with E-state index in [9.17, 15) is 22.8 Å². The lowest BCUT2D eigenvalue weighted by atomic mass is 9.77. The number of amides is 1. The van der Waals surface area contributed by atoms with Crippen molar-refractivity contribution in [3.8, 4) is 11.3 Å². The van der Waals surface area contributed by atoms with Crippen molar-refractivity contribution in [2.45, 2.75) is 44.3 Å². The van der Waals surface area contributed by atoms with Crippen LogP contribution in [0.2, 0.25) is 0 Å². The molecule has 1 amide bonds. The van der Waals surface area contributed by atoms with Gasteiger partial charge in [0.05, 0.1) is 22.3 Å². The summed E-state index contributed by atoms with van der Waals surface area (Å²) in [4.78, 5) is 36.1. The lowest BCUT2D eigenvalue weighted by Gasteiger charge is -2.42. The number of H-pyrrole nitrogens is 1. The van der Waals surface area contributed by atoms with Crippen LogP contribution in [0, 0.1) is 6.92 Å². The number of esters is 1. The summed E-state index contributed by atoms with van der Waals surface area (Å²) < 4.78 is 42.3. The van der Waals surface area contributed by atoms with Crippen LogP contribution in [0.4, 0.5) is 19.0 Å². The quantitative estimate of drug-likeness (QED) is 0.488. The molecule has 0 bridgehead atoms. The zero-order valence-corrected chi connectivity index (χ0v) is 18.3. The molecule has 0 saturated heterocycles. The van der Waals surface area contributed by atoms with Crippen LogP contribution in [-0.2, 0) is 16.0 Å². The van der Waals surface area contributed by atoms with E-state index in [-0.39, 0.29) is 5.91 Å². The first-order valence-corrected chi connectivity index (χ1v) is 11.0. The second-order valence-electron chi connectivity index (χ2n) is 8.74. The highest BCUT2D eigenvalue weighted by Gasteiger charge is 2.45. The fourth-order valence-electron chi connectivity index (χ4n) is 4.39. The van der Waals surface area contributed by atoms with Gasteiger partial charge >= 0.3 is 12.1 Å². The normalized spacial score (nSPS) is 17.0. The molecular formula is C23H22F3N5O3. The summed E-state index contributed by atoms with van der Waals surface area (Å²) in [6.45, 7) is 1.91. The first-order chi connectivity index (χ1) is 16.2. The van der Waals surface area contributed by atoms with Crippen LogP contribution in [0.1, 0.15) is 41.0 Å². The number of benzene rings is 1. The van der Waals surface area contributed by atoms with Gasteiger partial charge in [-0.3, -0.25) is 4.79 Å². The highest BCUT2D eigenvalue weighted by Crippen LogP contribution is 2.37. The van der Waals surface area contributed by atoms with E-state index in [2.05, 4.69) is 25.3 Å².